The molecule has 1 aliphatic carbocycles. The first-order chi connectivity index (χ1) is 4.73. The van der Waals surface area contributed by atoms with Gasteiger partial charge < -0.3 is 15.0 Å². The van der Waals surface area contributed by atoms with Crippen molar-refractivity contribution in [2.24, 2.45) is 0 Å². The van der Waals surface area contributed by atoms with Gasteiger partial charge in [0, 0.05) is 0 Å². The number of rotatable bonds is 0. The van der Waals surface area contributed by atoms with E-state index in [9.17, 15) is 0 Å². The molecule has 0 aromatic carbocycles. The molecule has 4 heteroatoms. The first-order valence-corrected chi connectivity index (χ1v) is 3.61. The van der Waals surface area contributed by atoms with Crippen molar-refractivity contribution < 1.29 is 36.1 Å². The van der Waals surface area contributed by atoms with Crippen molar-refractivity contribution >= 4 is 6.16 Å². The third-order valence-electron chi connectivity index (χ3n) is 1.50. The molecule has 0 aliphatic heterocycles. The van der Waals surface area contributed by atoms with Gasteiger partial charge in [0.1, 0.15) is 0 Å². The van der Waals surface area contributed by atoms with Crippen molar-refractivity contribution in [2.45, 2.75) is 38.5 Å². The van der Waals surface area contributed by atoms with Gasteiger partial charge in [0.2, 0.25) is 0 Å². The minimum Gasteiger partial charge on any atom is -0.652 e. The Hall–Kier alpha value is -0.0417. The summed E-state index contributed by atoms with van der Waals surface area (Å²) in [4.78, 5) is 8.33. The van der Waals surface area contributed by atoms with Crippen LogP contribution in [0.15, 0.2) is 0 Å². The van der Waals surface area contributed by atoms with Crippen LogP contribution < -0.4 is 10.2 Å². The zero-order chi connectivity index (χ0) is 7.82. The molecule has 1 aliphatic rings. The average Bonchev–Trinajstić information content (AvgIpc) is 1.90. The van der Waals surface area contributed by atoms with Crippen molar-refractivity contribution in [1.29, 1.82) is 0 Å². The fourth-order valence-corrected chi connectivity index (χ4v) is 1.06. The van der Waals surface area contributed by atoms with Crippen LogP contribution in [0.25, 0.3) is 0 Å². The van der Waals surface area contributed by atoms with E-state index in [2.05, 4.69) is 0 Å². The van der Waals surface area contributed by atoms with Crippen molar-refractivity contribution in [2.75, 3.05) is 0 Å². The Labute approximate surface area is 81.1 Å². The second kappa shape index (κ2) is 9.96. The Bertz CT molecular complexity index is 76.2. The Kier molecular flexibility index (Phi) is 12.3. The molecule has 0 aromatic heterocycles. The molecule has 0 heterocycles. The summed E-state index contributed by atoms with van der Waals surface area (Å²) in [6, 6.07) is 0. The molecule has 0 bridgehead atoms. The monoisotopic (exact) mass is 339 g/mol. The van der Waals surface area contributed by atoms with Gasteiger partial charge in [-0.25, -0.2) is 0 Å². The van der Waals surface area contributed by atoms with Gasteiger partial charge in [-0.05, 0) is 6.16 Å². The van der Waals surface area contributed by atoms with E-state index in [0.717, 1.165) is 0 Å². The van der Waals surface area contributed by atoms with Crippen LogP contribution in [0.4, 0.5) is 4.79 Å². The number of hydrogen-bond donors (Lipinski definition) is 0. The summed E-state index contributed by atoms with van der Waals surface area (Å²) in [6.45, 7) is 0. The summed E-state index contributed by atoms with van der Waals surface area (Å²) in [6.07, 6.45) is 6.67. The molecule has 0 amide bonds. The molecule has 0 aromatic rings. The van der Waals surface area contributed by atoms with Gasteiger partial charge in [0.25, 0.3) is 0 Å². The Morgan fingerprint density at radius 3 is 1.00 bits per heavy atom. The van der Waals surface area contributed by atoms with Crippen LogP contribution in [0.5, 0.6) is 0 Å². The van der Waals surface area contributed by atoms with Crippen LogP contribution in [0.3, 0.4) is 0 Å². The van der Waals surface area contributed by atoms with Crippen LogP contribution in [0, 0.1) is 0 Å². The average molecular weight is 339 g/mol. The summed E-state index contributed by atoms with van der Waals surface area (Å²) in [5.41, 5.74) is 0. The number of carbonyl (C=O) groups is 1. The van der Waals surface area contributed by atoms with E-state index in [-0.39, 0.29) is 21.1 Å². The Morgan fingerprint density at radius 2 is 0.909 bits per heavy atom. The summed E-state index contributed by atoms with van der Waals surface area (Å²) >= 11 is 0. The topological polar surface area (TPSA) is 63.2 Å². The molecular formula is C7H12O3Pt. The van der Waals surface area contributed by atoms with Crippen molar-refractivity contribution in [3.05, 3.63) is 0 Å². The zero-order valence-electron chi connectivity index (χ0n) is 6.28. The molecular weight excluding hydrogens is 327 g/mol. The maximum absolute atomic E-state index is 8.33. The maximum Gasteiger partial charge on any atom is 2.00 e. The number of carbonyl (C=O) groups excluding carboxylic acids is 1. The smallest absolute Gasteiger partial charge is 0.652 e. The minimum absolute atomic E-state index is 0. The van der Waals surface area contributed by atoms with Crippen molar-refractivity contribution in [3.8, 4) is 0 Å². The molecule has 11 heavy (non-hydrogen) atoms. The maximum atomic E-state index is 8.33. The van der Waals surface area contributed by atoms with E-state index in [1.807, 2.05) is 0 Å². The van der Waals surface area contributed by atoms with E-state index >= 15 is 0 Å². The zero-order valence-corrected chi connectivity index (χ0v) is 8.56. The van der Waals surface area contributed by atoms with Crippen molar-refractivity contribution in [1.82, 2.24) is 0 Å². The quantitative estimate of drug-likeness (QED) is 0.619. The van der Waals surface area contributed by atoms with Crippen LogP contribution in [-0.2, 0) is 21.1 Å². The fourth-order valence-electron chi connectivity index (χ4n) is 1.06. The van der Waals surface area contributed by atoms with Gasteiger partial charge in [-0.15, -0.1) is 0 Å². The Balaban J connectivity index is 0. The molecule has 0 saturated heterocycles. The summed E-state index contributed by atoms with van der Waals surface area (Å²) < 4.78 is 0. The van der Waals surface area contributed by atoms with Gasteiger partial charge in [-0.2, -0.15) is 0 Å². The normalized spacial score (nSPS) is 15.3. The second-order valence-corrected chi connectivity index (χ2v) is 2.37. The van der Waals surface area contributed by atoms with Gasteiger partial charge in [0.05, 0.1) is 0 Å². The van der Waals surface area contributed by atoms with Gasteiger partial charge in [-0.1, -0.05) is 38.5 Å². The molecule has 3 nitrogen and oxygen atoms in total. The summed E-state index contributed by atoms with van der Waals surface area (Å²) in [5, 5.41) is 16.7. The molecule has 0 atom stereocenters. The molecule has 0 unspecified atom stereocenters. The molecule has 0 radical (unpaired) electrons. The summed E-state index contributed by atoms with van der Waals surface area (Å²) in [5.74, 6) is 0. The van der Waals surface area contributed by atoms with E-state index in [4.69, 9.17) is 15.0 Å². The third-order valence-corrected chi connectivity index (χ3v) is 1.50. The van der Waals surface area contributed by atoms with Crippen LogP contribution in [0.2, 0.25) is 0 Å². The number of carboxylic acid groups (broad SMARTS) is 2. The van der Waals surface area contributed by atoms with Crippen LogP contribution in [0.1, 0.15) is 38.5 Å². The van der Waals surface area contributed by atoms with Crippen molar-refractivity contribution in [3.63, 3.8) is 0 Å². The van der Waals surface area contributed by atoms with Gasteiger partial charge in [-0.3, -0.25) is 0 Å². The van der Waals surface area contributed by atoms with Crippen LogP contribution in [-0.4, -0.2) is 6.16 Å². The minimum atomic E-state index is -2.33. The molecule has 1 fully saturated rings. The van der Waals surface area contributed by atoms with Gasteiger partial charge >= 0.3 is 21.1 Å². The molecule has 0 N–H and O–H groups in total. The fraction of sp³-hybridized carbons (Fsp3) is 0.857. The summed E-state index contributed by atoms with van der Waals surface area (Å²) in [7, 11) is 0. The predicted octanol–water partition coefficient (Wildman–Crippen LogP) is -0.109. The largest absolute Gasteiger partial charge is 2.00 e. The third kappa shape index (κ3) is 17.8. The van der Waals surface area contributed by atoms with E-state index in [1.54, 1.807) is 0 Å². The van der Waals surface area contributed by atoms with Gasteiger partial charge in [0.15, 0.2) is 0 Å². The molecule has 0 spiro atoms. The first kappa shape index (κ1) is 13.5. The van der Waals surface area contributed by atoms with E-state index in [0.29, 0.717) is 0 Å². The van der Waals surface area contributed by atoms with Crippen LogP contribution >= 0.6 is 0 Å². The SMILES string of the molecule is C1CCCCC1.O=C([O-])[O-].[Pt+2]. The van der Waals surface area contributed by atoms with E-state index < -0.39 is 6.16 Å². The predicted molar refractivity (Wildman–Crippen MR) is 33.1 cm³/mol. The molecule has 68 valence electrons. The standard InChI is InChI=1S/C6H12.CH2O3.Pt/c1-2-4-6-5-3-1;2-1(3)4;/h1-6H2;(H2,2,3,4);/q;;+2/p-2. The molecule has 1 saturated carbocycles. The number of hydrogen-bond acceptors (Lipinski definition) is 3. The Morgan fingerprint density at radius 1 is 0.818 bits per heavy atom. The second-order valence-electron chi connectivity index (χ2n) is 2.37. The first-order valence-electron chi connectivity index (χ1n) is 3.61. The molecule has 1 rings (SSSR count). The van der Waals surface area contributed by atoms with E-state index in [1.165, 1.54) is 38.5 Å².